The van der Waals surface area contributed by atoms with Crippen LogP contribution in [-0.2, 0) is 0 Å². The first-order valence-corrected chi connectivity index (χ1v) is 8.24. The zero-order valence-corrected chi connectivity index (χ0v) is 13.5. The summed E-state index contributed by atoms with van der Waals surface area (Å²) in [5.41, 5.74) is 3.82. The van der Waals surface area contributed by atoms with Crippen LogP contribution in [0.5, 0.6) is 5.75 Å². The van der Waals surface area contributed by atoms with Gasteiger partial charge in [-0.05, 0) is 62.5 Å². The first kappa shape index (κ1) is 15.1. The van der Waals surface area contributed by atoms with Crippen LogP contribution in [0.3, 0.4) is 0 Å². The molecule has 0 radical (unpaired) electrons. The average Bonchev–Trinajstić information content (AvgIpc) is 2.58. The van der Waals surface area contributed by atoms with Crippen molar-refractivity contribution in [3.05, 3.63) is 65.2 Å². The number of nitrogens with one attached hydrogen (secondary N) is 1. The van der Waals surface area contributed by atoms with Gasteiger partial charge in [0.15, 0.2) is 0 Å². The molecule has 22 heavy (non-hydrogen) atoms. The van der Waals surface area contributed by atoms with Crippen molar-refractivity contribution in [3.63, 3.8) is 0 Å². The molecule has 0 aromatic heterocycles. The van der Waals surface area contributed by atoms with E-state index in [0.717, 1.165) is 18.8 Å². The number of rotatable bonds is 4. The molecule has 116 valence electrons. The van der Waals surface area contributed by atoms with Gasteiger partial charge in [-0.3, -0.25) is 0 Å². The molecule has 1 fully saturated rings. The Labute approximate surface area is 133 Å². The third-order valence-electron chi connectivity index (χ3n) is 4.75. The molecular weight excluding hydrogens is 270 g/mol. The lowest BCUT2D eigenvalue weighted by Crippen LogP contribution is -2.32. The Morgan fingerprint density at radius 2 is 1.68 bits per heavy atom. The molecule has 1 atom stereocenters. The van der Waals surface area contributed by atoms with Crippen LogP contribution in [0.15, 0.2) is 48.5 Å². The summed E-state index contributed by atoms with van der Waals surface area (Å²) in [5.74, 6) is 1.59. The second-order valence-corrected chi connectivity index (χ2v) is 6.23. The predicted molar refractivity (Wildman–Crippen MR) is 91.3 cm³/mol. The Balaban J connectivity index is 1.89. The van der Waals surface area contributed by atoms with Crippen molar-refractivity contribution >= 4 is 0 Å². The van der Waals surface area contributed by atoms with E-state index in [0.29, 0.717) is 5.92 Å². The van der Waals surface area contributed by atoms with Gasteiger partial charge in [-0.15, -0.1) is 0 Å². The number of piperidine rings is 1. The number of aryl methyl sites for hydroxylation is 1. The quantitative estimate of drug-likeness (QED) is 0.901. The zero-order valence-electron chi connectivity index (χ0n) is 13.5. The summed E-state index contributed by atoms with van der Waals surface area (Å²) in [5, 5.41) is 3.45. The van der Waals surface area contributed by atoms with Crippen LogP contribution in [-0.4, -0.2) is 13.1 Å². The lowest BCUT2D eigenvalue weighted by molar-refractivity contribution is 0.112. The minimum absolute atomic E-state index is 0.142. The summed E-state index contributed by atoms with van der Waals surface area (Å²) in [6.45, 7) is 6.47. The monoisotopic (exact) mass is 295 g/mol. The summed E-state index contributed by atoms with van der Waals surface area (Å²) >= 11 is 0. The van der Waals surface area contributed by atoms with E-state index in [9.17, 15) is 0 Å². The molecule has 1 N–H and O–H groups in total. The number of hydrogen-bond acceptors (Lipinski definition) is 2. The summed E-state index contributed by atoms with van der Waals surface area (Å²) < 4.78 is 6.52. The zero-order chi connectivity index (χ0) is 15.4. The first-order valence-electron chi connectivity index (χ1n) is 8.24. The van der Waals surface area contributed by atoms with Crippen molar-refractivity contribution in [2.75, 3.05) is 13.1 Å². The standard InChI is InChI=1S/C20H25NO/c1-15-7-6-10-19(16(15)2)22-20(17-8-4-3-5-9-17)18-11-13-21-14-12-18/h3-10,18,20-21H,11-14H2,1-2H3. The summed E-state index contributed by atoms with van der Waals surface area (Å²) in [4.78, 5) is 0. The van der Waals surface area contributed by atoms with Gasteiger partial charge < -0.3 is 10.1 Å². The van der Waals surface area contributed by atoms with Crippen molar-refractivity contribution in [1.29, 1.82) is 0 Å². The lowest BCUT2D eigenvalue weighted by Gasteiger charge is -2.32. The highest BCUT2D eigenvalue weighted by atomic mass is 16.5. The van der Waals surface area contributed by atoms with E-state index in [2.05, 4.69) is 67.7 Å². The van der Waals surface area contributed by atoms with Gasteiger partial charge in [0.2, 0.25) is 0 Å². The van der Waals surface area contributed by atoms with Gasteiger partial charge in [0.25, 0.3) is 0 Å². The number of benzene rings is 2. The maximum Gasteiger partial charge on any atom is 0.127 e. The van der Waals surface area contributed by atoms with E-state index in [1.54, 1.807) is 0 Å². The summed E-state index contributed by atoms with van der Waals surface area (Å²) in [6, 6.07) is 17.0. The molecule has 2 heteroatoms. The number of hydrogen-bond donors (Lipinski definition) is 1. The van der Waals surface area contributed by atoms with E-state index < -0.39 is 0 Å². The molecule has 0 aliphatic carbocycles. The fourth-order valence-electron chi connectivity index (χ4n) is 3.21. The average molecular weight is 295 g/mol. The van der Waals surface area contributed by atoms with Gasteiger partial charge in [0.05, 0.1) is 0 Å². The molecule has 1 unspecified atom stereocenters. The predicted octanol–water partition coefficient (Wildman–Crippen LogP) is 4.42. The molecule has 3 rings (SSSR count). The molecule has 2 nitrogen and oxygen atoms in total. The molecule has 0 bridgehead atoms. The van der Waals surface area contributed by atoms with Gasteiger partial charge in [-0.25, -0.2) is 0 Å². The summed E-state index contributed by atoms with van der Waals surface area (Å²) in [6.07, 6.45) is 2.48. The smallest absolute Gasteiger partial charge is 0.127 e. The maximum absolute atomic E-state index is 6.52. The van der Waals surface area contributed by atoms with Crippen molar-refractivity contribution < 1.29 is 4.74 Å². The second kappa shape index (κ2) is 6.97. The van der Waals surface area contributed by atoms with Crippen molar-refractivity contribution in [3.8, 4) is 5.75 Å². The van der Waals surface area contributed by atoms with Crippen LogP contribution in [0.25, 0.3) is 0 Å². The van der Waals surface area contributed by atoms with Crippen molar-refractivity contribution in [2.45, 2.75) is 32.8 Å². The maximum atomic E-state index is 6.52. The van der Waals surface area contributed by atoms with Crippen molar-refractivity contribution in [2.24, 2.45) is 5.92 Å². The highest BCUT2D eigenvalue weighted by Gasteiger charge is 2.27. The van der Waals surface area contributed by atoms with Crippen LogP contribution < -0.4 is 10.1 Å². The number of ether oxygens (including phenoxy) is 1. The van der Waals surface area contributed by atoms with E-state index in [4.69, 9.17) is 4.74 Å². The van der Waals surface area contributed by atoms with Gasteiger partial charge in [0, 0.05) is 5.92 Å². The third-order valence-corrected chi connectivity index (χ3v) is 4.75. The Bertz CT molecular complexity index is 602. The van der Waals surface area contributed by atoms with E-state index in [1.165, 1.54) is 29.5 Å². The largest absolute Gasteiger partial charge is 0.485 e. The lowest BCUT2D eigenvalue weighted by atomic mass is 9.88. The highest BCUT2D eigenvalue weighted by molar-refractivity contribution is 5.39. The van der Waals surface area contributed by atoms with Gasteiger partial charge in [-0.2, -0.15) is 0 Å². The second-order valence-electron chi connectivity index (χ2n) is 6.23. The molecule has 2 aromatic carbocycles. The fraction of sp³-hybridized carbons (Fsp3) is 0.400. The Morgan fingerprint density at radius 3 is 2.41 bits per heavy atom. The normalized spacial score (nSPS) is 17.2. The van der Waals surface area contributed by atoms with Gasteiger partial charge in [-0.1, -0.05) is 42.5 Å². The van der Waals surface area contributed by atoms with Crippen molar-refractivity contribution in [1.82, 2.24) is 5.32 Å². The molecule has 1 aliphatic heterocycles. The van der Waals surface area contributed by atoms with Gasteiger partial charge in [0.1, 0.15) is 11.9 Å². The molecule has 1 saturated heterocycles. The molecule has 2 aromatic rings. The molecular formula is C20H25NO. The molecule has 1 heterocycles. The van der Waals surface area contributed by atoms with E-state index in [-0.39, 0.29) is 6.10 Å². The Hall–Kier alpha value is -1.80. The van der Waals surface area contributed by atoms with Gasteiger partial charge >= 0.3 is 0 Å². The Morgan fingerprint density at radius 1 is 0.955 bits per heavy atom. The van der Waals surface area contributed by atoms with Crippen LogP contribution >= 0.6 is 0 Å². The summed E-state index contributed by atoms with van der Waals surface area (Å²) in [7, 11) is 0. The molecule has 0 amide bonds. The van der Waals surface area contributed by atoms with Crippen LogP contribution in [0.4, 0.5) is 0 Å². The SMILES string of the molecule is Cc1cccc(OC(c2ccccc2)C2CCNCC2)c1C. The Kier molecular flexibility index (Phi) is 4.79. The van der Waals surface area contributed by atoms with Crippen LogP contribution in [0.1, 0.15) is 35.6 Å². The molecule has 0 spiro atoms. The van der Waals surface area contributed by atoms with E-state index in [1.807, 2.05) is 0 Å². The topological polar surface area (TPSA) is 21.3 Å². The van der Waals surface area contributed by atoms with Crippen LogP contribution in [0.2, 0.25) is 0 Å². The molecule has 0 saturated carbocycles. The highest BCUT2D eigenvalue weighted by Crippen LogP contribution is 2.35. The van der Waals surface area contributed by atoms with Crippen LogP contribution in [0, 0.1) is 19.8 Å². The third kappa shape index (κ3) is 3.33. The molecule has 1 aliphatic rings. The first-order chi connectivity index (χ1) is 10.8. The van der Waals surface area contributed by atoms with E-state index >= 15 is 0 Å². The fourth-order valence-corrected chi connectivity index (χ4v) is 3.21. The minimum atomic E-state index is 0.142. The minimum Gasteiger partial charge on any atom is -0.485 e.